The Hall–Kier alpha value is -3.54. The van der Waals surface area contributed by atoms with Crippen LogP contribution in [0.3, 0.4) is 0 Å². The number of amides is 2. The molecule has 0 saturated carbocycles. The summed E-state index contributed by atoms with van der Waals surface area (Å²) in [6, 6.07) is 6.84. The lowest BCUT2D eigenvalue weighted by molar-refractivity contribution is 0.189. The van der Waals surface area contributed by atoms with Crippen molar-refractivity contribution in [3.05, 3.63) is 36.3 Å². The molecule has 1 N–H and O–H groups in total. The lowest BCUT2D eigenvalue weighted by Crippen LogP contribution is -2.34. The molecule has 1 unspecified atom stereocenters. The van der Waals surface area contributed by atoms with Gasteiger partial charge in [0.15, 0.2) is 0 Å². The van der Waals surface area contributed by atoms with Crippen molar-refractivity contribution in [2.24, 2.45) is 0 Å². The fourth-order valence-corrected chi connectivity index (χ4v) is 2.75. The van der Waals surface area contributed by atoms with E-state index in [9.17, 15) is 4.79 Å². The molecule has 2 amide bonds. The Labute approximate surface area is 156 Å². The van der Waals surface area contributed by atoms with Crippen LogP contribution in [0.2, 0.25) is 0 Å². The first-order chi connectivity index (χ1) is 13.1. The van der Waals surface area contributed by atoms with Crippen LogP contribution in [0.15, 0.2) is 30.6 Å². The Morgan fingerprint density at radius 3 is 2.85 bits per heavy atom. The number of urea groups is 1. The van der Waals surface area contributed by atoms with Crippen LogP contribution in [0.4, 0.5) is 10.5 Å². The minimum absolute atomic E-state index is 0.128. The standard InChI is InChI=1S/C18H19N5O4/c1-25-12-3-4-14(16(9-12)26-2)22-18(24)23-8-5-13(11-23)27-17-15(10-19)20-6-7-21-17/h3-4,6-7,9,13H,5,8,11H2,1-2H3,(H,22,24). The molecule has 2 heterocycles. The number of likely N-dealkylation sites (tertiary alicyclic amines) is 1. The van der Waals surface area contributed by atoms with Gasteiger partial charge in [0.05, 0.1) is 26.5 Å². The van der Waals surface area contributed by atoms with Crippen LogP contribution in [0.5, 0.6) is 17.4 Å². The molecule has 0 bridgehead atoms. The highest BCUT2D eigenvalue weighted by atomic mass is 16.5. The second-order valence-corrected chi connectivity index (χ2v) is 5.79. The van der Waals surface area contributed by atoms with Gasteiger partial charge in [-0.3, -0.25) is 0 Å². The topological polar surface area (TPSA) is 110 Å². The van der Waals surface area contributed by atoms with Crippen molar-refractivity contribution in [3.8, 4) is 23.4 Å². The first-order valence-electron chi connectivity index (χ1n) is 8.30. The van der Waals surface area contributed by atoms with Crippen LogP contribution in [0.25, 0.3) is 0 Å². The number of rotatable bonds is 5. The highest BCUT2D eigenvalue weighted by Gasteiger charge is 2.29. The van der Waals surface area contributed by atoms with Gasteiger partial charge in [0.2, 0.25) is 5.69 Å². The molecule has 1 aromatic heterocycles. The molecular weight excluding hydrogens is 350 g/mol. The summed E-state index contributed by atoms with van der Waals surface area (Å²) < 4.78 is 16.2. The van der Waals surface area contributed by atoms with Crippen molar-refractivity contribution < 1.29 is 19.0 Å². The smallest absolute Gasteiger partial charge is 0.322 e. The molecule has 1 aliphatic rings. The lowest BCUT2D eigenvalue weighted by Gasteiger charge is -2.19. The van der Waals surface area contributed by atoms with E-state index in [0.29, 0.717) is 36.7 Å². The Balaban J connectivity index is 1.62. The predicted octanol–water partition coefficient (Wildman–Crippen LogP) is 2.05. The van der Waals surface area contributed by atoms with E-state index in [0.717, 1.165) is 0 Å². The number of carbonyl (C=O) groups excluding carboxylic acids is 1. The number of aromatic nitrogens is 2. The van der Waals surface area contributed by atoms with Gasteiger partial charge in [0.1, 0.15) is 23.7 Å². The van der Waals surface area contributed by atoms with E-state index in [1.54, 1.807) is 30.2 Å². The maximum Gasteiger partial charge on any atom is 0.322 e. The third-order valence-electron chi connectivity index (χ3n) is 4.13. The number of methoxy groups -OCH3 is 2. The molecule has 1 atom stereocenters. The summed E-state index contributed by atoms with van der Waals surface area (Å²) in [7, 11) is 3.09. The molecule has 27 heavy (non-hydrogen) atoms. The van der Waals surface area contributed by atoms with Gasteiger partial charge in [0.25, 0.3) is 5.88 Å². The normalized spacial score (nSPS) is 15.7. The van der Waals surface area contributed by atoms with E-state index in [-0.39, 0.29) is 23.7 Å². The number of nitrogens with one attached hydrogen (secondary N) is 1. The van der Waals surface area contributed by atoms with Crippen molar-refractivity contribution in [2.45, 2.75) is 12.5 Å². The Bertz CT molecular complexity index is 867. The number of nitriles is 1. The number of anilines is 1. The van der Waals surface area contributed by atoms with E-state index in [2.05, 4.69) is 15.3 Å². The van der Waals surface area contributed by atoms with Gasteiger partial charge in [-0.15, -0.1) is 0 Å². The van der Waals surface area contributed by atoms with Crippen LogP contribution in [-0.4, -0.2) is 54.3 Å². The maximum absolute atomic E-state index is 12.6. The Kier molecular flexibility index (Phi) is 5.56. The van der Waals surface area contributed by atoms with E-state index < -0.39 is 0 Å². The highest BCUT2D eigenvalue weighted by Crippen LogP contribution is 2.29. The molecule has 1 fully saturated rings. The quantitative estimate of drug-likeness (QED) is 0.859. The predicted molar refractivity (Wildman–Crippen MR) is 95.9 cm³/mol. The van der Waals surface area contributed by atoms with E-state index in [1.807, 2.05) is 6.07 Å². The van der Waals surface area contributed by atoms with Gasteiger partial charge < -0.3 is 24.4 Å². The van der Waals surface area contributed by atoms with Gasteiger partial charge in [0, 0.05) is 31.4 Å². The van der Waals surface area contributed by atoms with Crippen LogP contribution in [0.1, 0.15) is 12.1 Å². The molecule has 0 radical (unpaired) electrons. The molecule has 3 rings (SSSR count). The van der Waals surface area contributed by atoms with E-state index >= 15 is 0 Å². The summed E-state index contributed by atoms with van der Waals surface area (Å²) in [4.78, 5) is 22.1. The zero-order chi connectivity index (χ0) is 19.2. The van der Waals surface area contributed by atoms with Crippen molar-refractivity contribution >= 4 is 11.7 Å². The Morgan fingerprint density at radius 1 is 1.30 bits per heavy atom. The van der Waals surface area contributed by atoms with Crippen LogP contribution >= 0.6 is 0 Å². The minimum atomic E-state index is -0.260. The molecule has 2 aromatic rings. The molecule has 0 aliphatic carbocycles. The molecule has 1 aromatic carbocycles. The fraction of sp³-hybridized carbons (Fsp3) is 0.333. The van der Waals surface area contributed by atoms with Gasteiger partial charge >= 0.3 is 6.03 Å². The second-order valence-electron chi connectivity index (χ2n) is 5.79. The van der Waals surface area contributed by atoms with E-state index in [1.165, 1.54) is 19.5 Å². The van der Waals surface area contributed by atoms with E-state index in [4.69, 9.17) is 19.5 Å². The molecule has 1 saturated heterocycles. The third-order valence-corrected chi connectivity index (χ3v) is 4.13. The number of ether oxygens (including phenoxy) is 3. The van der Waals surface area contributed by atoms with Crippen LogP contribution < -0.4 is 19.5 Å². The minimum Gasteiger partial charge on any atom is -0.497 e. The highest BCUT2D eigenvalue weighted by molar-refractivity contribution is 5.91. The first-order valence-corrected chi connectivity index (χ1v) is 8.30. The van der Waals surface area contributed by atoms with Crippen molar-refractivity contribution in [2.75, 3.05) is 32.6 Å². The number of benzene rings is 1. The summed E-state index contributed by atoms with van der Waals surface area (Å²) >= 11 is 0. The van der Waals surface area contributed by atoms with Gasteiger partial charge in [-0.25, -0.2) is 14.8 Å². The third kappa shape index (κ3) is 4.17. The molecule has 9 nitrogen and oxygen atoms in total. The van der Waals surface area contributed by atoms with Crippen molar-refractivity contribution in [1.29, 1.82) is 5.26 Å². The maximum atomic E-state index is 12.6. The Morgan fingerprint density at radius 2 is 2.11 bits per heavy atom. The lowest BCUT2D eigenvalue weighted by atomic mass is 10.2. The number of carbonyl (C=O) groups is 1. The zero-order valence-electron chi connectivity index (χ0n) is 15.0. The molecule has 0 spiro atoms. The molecule has 140 valence electrons. The average Bonchev–Trinajstić information content (AvgIpc) is 3.17. The zero-order valence-corrected chi connectivity index (χ0v) is 15.0. The summed E-state index contributed by atoms with van der Waals surface area (Å²) in [5, 5.41) is 11.9. The van der Waals surface area contributed by atoms with Crippen LogP contribution in [0, 0.1) is 11.3 Å². The summed E-state index contributed by atoms with van der Waals surface area (Å²) in [6.07, 6.45) is 3.28. The summed E-state index contributed by atoms with van der Waals surface area (Å²) in [5.74, 6) is 1.33. The number of hydrogen-bond acceptors (Lipinski definition) is 7. The monoisotopic (exact) mass is 369 g/mol. The van der Waals surface area contributed by atoms with Gasteiger partial charge in [-0.1, -0.05) is 0 Å². The summed E-state index contributed by atoms with van der Waals surface area (Å²) in [6.45, 7) is 0.906. The largest absolute Gasteiger partial charge is 0.497 e. The van der Waals surface area contributed by atoms with Gasteiger partial charge in [-0.2, -0.15) is 5.26 Å². The van der Waals surface area contributed by atoms with Gasteiger partial charge in [-0.05, 0) is 12.1 Å². The van der Waals surface area contributed by atoms with Crippen LogP contribution in [-0.2, 0) is 0 Å². The number of hydrogen-bond donors (Lipinski definition) is 1. The number of nitrogens with zero attached hydrogens (tertiary/aromatic N) is 4. The SMILES string of the molecule is COc1ccc(NC(=O)N2CCC(Oc3nccnc3C#N)C2)c(OC)c1. The fourth-order valence-electron chi connectivity index (χ4n) is 2.75. The molecule has 1 aliphatic heterocycles. The molecule has 9 heteroatoms. The second kappa shape index (κ2) is 8.23. The van der Waals surface area contributed by atoms with Crippen molar-refractivity contribution in [1.82, 2.24) is 14.9 Å². The summed E-state index contributed by atoms with van der Waals surface area (Å²) in [5.41, 5.74) is 0.678. The average molecular weight is 369 g/mol. The van der Waals surface area contributed by atoms with Crippen molar-refractivity contribution in [3.63, 3.8) is 0 Å². The molecular formula is C18H19N5O4. The first kappa shape index (κ1) is 18.3.